The molecule has 1 saturated carbocycles. The summed E-state index contributed by atoms with van der Waals surface area (Å²) in [6.45, 7) is 1.95. The Morgan fingerprint density at radius 3 is 2.70 bits per heavy atom. The van der Waals surface area contributed by atoms with Gasteiger partial charge in [-0.3, -0.25) is 4.99 Å². The molecule has 5 heteroatoms. The van der Waals surface area contributed by atoms with Crippen molar-refractivity contribution in [2.45, 2.75) is 45.1 Å². The molecule has 0 heterocycles. The summed E-state index contributed by atoms with van der Waals surface area (Å²) < 4.78 is 5.04. The van der Waals surface area contributed by atoms with Gasteiger partial charge in [0, 0.05) is 17.8 Å². The van der Waals surface area contributed by atoms with E-state index < -0.39 is 5.97 Å². The molecular formula is C18H22ClNO3. The lowest BCUT2D eigenvalue weighted by Crippen LogP contribution is -2.14. The van der Waals surface area contributed by atoms with Gasteiger partial charge in [0.15, 0.2) is 0 Å². The maximum absolute atomic E-state index is 12.2. The van der Waals surface area contributed by atoms with Gasteiger partial charge in [-0.2, -0.15) is 0 Å². The molecule has 0 aromatic heterocycles. The second-order valence-electron chi connectivity index (χ2n) is 5.53. The minimum atomic E-state index is -0.593. The molecule has 124 valence electrons. The highest BCUT2D eigenvalue weighted by Gasteiger charge is 2.19. The fourth-order valence-corrected chi connectivity index (χ4v) is 2.85. The van der Waals surface area contributed by atoms with Crippen LogP contribution < -0.4 is 0 Å². The number of esters is 1. The largest absolute Gasteiger partial charge is 0.506 e. The number of hydrogen-bond donors (Lipinski definition) is 1. The number of carbonyl (C=O) groups is 1. The third-order valence-corrected chi connectivity index (χ3v) is 4.20. The standard InChI is InChI=1S/C18H22ClNO3/c1-2-23-18(22)15(12-20-13-8-4-3-5-9-13)17(21)14-10-6-7-11-16(14)19/h6-7,10-13,21H,2-5,8-9H2,1H3/b17-15-,20-12?. The molecule has 1 N–H and O–H groups in total. The Kier molecular flexibility index (Phi) is 6.66. The lowest BCUT2D eigenvalue weighted by Gasteiger charge is -2.17. The van der Waals surface area contributed by atoms with E-state index in [1.807, 2.05) is 0 Å². The SMILES string of the molecule is CCOC(=O)/C(C=NC1CCCCC1)=C(\O)c1ccccc1Cl. The van der Waals surface area contributed by atoms with Crippen molar-refractivity contribution in [3.05, 3.63) is 40.4 Å². The quantitative estimate of drug-likeness (QED) is 0.371. The van der Waals surface area contributed by atoms with Crippen molar-refractivity contribution in [2.75, 3.05) is 6.61 Å². The first-order chi connectivity index (χ1) is 11.1. The zero-order valence-electron chi connectivity index (χ0n) is 13.3. The van der Waals surface area contributed by atoms with E-state index in [4.69, 9.17) is 16.3 Å². The molecular weight excluding hydrogens is 314 g/mol. The average molecular weight is 336 g/mol. The Bertz CT molecular complexity index is 604. The summed E-state index contributed by atoms with van der Waals surface area (Å²) >= 11 is 6.10. The van der Waals surface area contributed by atoms with Crippen LogP contribution in [0, 0.1) is 0 Å². The number of aliphatic imine (C=N–C) groups is 1. The van der Waals surface area contributed by atoms with Gasteiger partial charge >= 0.3 is 5.97 Å². The molecule has 2 rings (SSSR count). The second kappa shape index (κ2) is 8.73. The molecule has 1 aromatic carbocycles. The van der Waals surface area contributed by atoms with Crippen LogP contribution in [-0.4, -0.2) is 29.9 Å². The van der Waals surface area contributed by atoms with Crippen molar-refractivity contribution in [3.8, 4) is 0 Å². The van der Waals surface area contributed by atoms with Gasteiger partial charge in [0.05, 0.1) is 11.6 Å². The van der Waals surface area contributed by atoms with Crippen LogP contribution in [0.25, 0.3) is 5.76 Å². The van der Waals surface area contributed by atoms with E-state index in [2.05, 4.69) is 4.99 Å². The van der Waals surface area contributed by atoms with E-state index in [1.54, 1.807) is 31.2 Å². The Hall–Kier alpha value is -1.81. The first kappa shape index (κ1) is 17.5. The van der Waals surface area contributed by atoms with Crippen LogP contribution in [0.2, 0.25) is 5.02 Å². The van der Waals surface area contributed by atoms with Crippen molar-refractivity contribution in [3.63, 3.8) is 0 Å². The Morgan fingerprint density at radius 1 is 1.35 bits per heavy atom. The number of benzene rings is 1. The third kappa shape index (κ3) is 4.83. The molecule has 23 heavy (non-hydrogen) atoms. The molecule has 0 aliphatic heterocycles. The maximum Gasteiger partial charge on any atom is 0.343 e. The molecule has 1 aliphatic carbocycles. The topological polar surface area (TPSA) is 58.9 Å². The molecule has 0 bridgehead atoms. The van der Waals surface area contributed by atoms with Crippen LogP contribution in [0.1, 0.15) is 44.6 Å². The van der Waals surface area contributed by atoms with Crippen LogP contribution >= 0.6 is 11.6 Å². The smallest absolute Gasteiger partial charge is 0.343 e. The number of aliphatic hydroxyl groups excluding tert-OH is 1. The first-order valence-electron chi connectivity index (χ1n) is 8.02. The average Bonchev–Trinajstić information content (AvgIpc) is 2.56. The Morgan fingerprint density at radius 2 is 2.04 bits per heavy atom. The molecule has 0 amide bonds. The zero-order valence-corrected chi connectivity index (χ0v) is 14.1. The van der Waals surface area contributed by atoms with Crippen LogP contribution in [-0.2, 0) is 9.53 Å². The van der Waals surface area contributed by atoms with E-state index in [1.165, 1.54) is 12.6 Å². The predicted octanol–water partition coefficient (Wildman–Crippen LogP) is 4.58. The van der Waals surface area contributed by atoms with Crippen LogP contribution in [0.3, 0.4) is 0 Å². The summed E-state index contributed by atoms with van der Waals surface area (Å²) in [4.78, 5) is 16.6. The van der Waals surface area contributed by atoms with Gasteiger partial charge in [-0.05, 0) is 31.9 Å². The molecule has 1 fully saturated rings. The highest BCUT2D eigenvalue weighted by molar-refractivity contribution is 6.32. The van der Waals surface area contributed by atoms with Crippen molar-refractivity contribution in [2.24, 2.45) is 4.99 Å². The van der Waals surface area contributed by atoms with Crippen LogP contribution in [0.15, 0.2) is 34.8 Å². The van der Waals surface area contributed by atoms with Gasteiger partial charge < -0.3 is 9.84 Å². The highest BCUT2D eigenvalue weighted by atomic mass is 35.5. The minimum absolute atomic E-state index is 0.0468. The summed E-state index contributed by atoms with van der Waals surface area (Å²) in [6.07, 6.45) is 7.00. The maximum atomic E-state index is 12.2. The fourth-order valence-electron chi connectivity index (χ4n) is 2.63. The number of halogens is 1. The van der Waals surface area contributed by atoms with E-state index in [-0.39, 0.29) is 24.0 Å². The minimum Gasteiger partial charge on any atom is -0.506 e. The molecule has 0 atom stereocenters. The highest BCUT2D eigenvalue weighted by Crippen LogP contribution is 2.25. The first-order valence-corrected chi connectivity index (χ1v) is 8.39. The summed E-state index contributed by atoms with van der Waals surface area (Å²) in [5.74, 6) is -0.793. The van der Waals surface area contributed by atoms with Gasteiger partial charge in [0.25, 0.3) is 0 Å². The van der Waals surface area contributed by atoms with Crippen LogP contribution in [0.5, 0.6) is 0 Å². The summed E-state index contributed by atoms with van der Waals surface area (Å²) in [7, 11) is 0. The van der Waals surface area contributed by atoms with Crippen molar-refractivity contribution >= 4 is 29.5 Å². The third-order valence-electron chi connectivity index (χ3n) is 3.87. The molecule has 1 aromatic rings. The normalized spacial score (nSPS) is 17.1. The number of carbonyl (C=O) groups excluding carboxylic acids is 1. The van der Waals surface area contributed by atoms with Gasteiger partial charge in [-0.15, -0.1) is 0 Å². The van der Waals surface area contributed by atoms with Gasteiger partial charge in [-0.1, -0.05) is 43.0 Å². The summed E-state index contributed by atoms with van der Waals surface area (Å²) in [5, 5.41) is 10.9. The molecule has 0 unspecified atom stereocenters. The number of nitrogens with zero attached hydrogens (tertiary/aromatic N) is 1. The molecule has 1 aliphatic rings. The Balaban J connectivity index is 2.32. The number of ether oxygens (including phenoxy) is 1. The van der Waals surface area contributed by atoms with E-state index in [9.17, 15) is 9.90 Å². The second-order valence-corrected chi connectivity index (χ2v) is 5.94. The lowest BCUT2D eigenvalue weighted by molar-refractivity contribution is -0.137. The molecule has 4 nitrogen and oxygen atoms in total. The number of aliphatic hydroxyl groups is 1. The summed E-state index contributed by atoms with van der Waals surface area (Å²) in [5.41, 5.74) is 0.442. The van der Waals surface area contributed by atoms with Crippen molar-refractivity contribution in [1.82, 2.24) is 0 Å². The van der Waals surface area contributed by atoms with E-state index in [0.717, 1.165) is 25.7 Å². The number of hydrogen-bond acceptors (Lipinski definition) is 4. The van der Waals surface area contributed by atoms with Crippen molar-refractivity contribution < 1.29 is 14.6 Å². The van der Waals surface area contributed by atoms with Gasteiger partial charge in [0.2, 0.25) is 0 Å². The predicted molar refractivity (Wildman–Crippen MR) is 93.0 cm³/mol. The molecule has 0 spiro atoms. The fraction of sp³-hybridized carbons (Fsp3) is 0.444. The van der Waals surface area contributed by atoms with Gasteiger partial charge in [0.1, 0.15) is 11.3 Å². The van der Waals surface area contributed by atoms with Crippen LogP contribution in [0.4, 0.5) is 0 Å². The molecule has 0 radical (unpaired) electrons. The Labute approximate surface area is 141 Å². The van der Waals surface area contributed by atoms with E-state index in [0.29, 0.717) is 10.6 Å². The van der Waals surface area contributed by atoms with Crippen molar-refractivity contribution in [1.29, 1.82) is 0 Å². The number of rotatable bonds is 5. The summed E-state index contributed by atoms with van der Waals surface area (Å²) in [6, 6.07) is 7.03. The zero-order chi connectivity index (χ0) is 16.7. The van der Waals surface area contributed by atoms with E-state index >= 15 is 0 Å². The lowest BCUT2D eigenvalue weighted by atomic mass is 9.96. The molecule has 0 saturated heterocycles. The monoisotopic (exact) mass is 335 g/mol. The van der Waals surface area contributed by atoms with Gasteiger partial charge in [-0.25, -0.2) is 4.79 Å².